The lowest BCUT2D eigenvalue weighted by molar-refractivity contribution is 0.378. The quantitative estimate of drug-likeness (QED) is 0.860. The maximum atomic E-state index is 4.46. The second-order valence-electron chi connectivity index (χ2n) is 6.26. The average molecular weight is 275 g/mol. The van der Waals surface area contributed by atoms with Crippen LogP contribution in [0.25, 0.3) is 0 Å². The molecule has 0 aliphatic carbocycles. The van der Waals surface area contributed by atoms with E-state index in [0.717, 1.165) is 18.2 Å². The van der Waals surface area contributed by atoms with E-state index in [-0.39, 0.29) is 0 Å². The number of aromatic nitrogens is 1. The summed E-state index contributed by atoms with van der Waals surface area (Å²) in [5.41, 5.74) is 2.49. The zero-order chi connectivity index (χ0) is 14.4. The van der Waals surface area contributed by atoms with Gasteiger partial charge in [-0.1, -0.05) is 33.6 Å². The molecule has 2 heterocycles. The highest BCUT2D eigenvalue weighted by Gasteiger charge is 2.18. The highest BCUT2D eigenvalue weighted by atomic mass is 15.1. The molecule has 1 saturated heterocycles. The summed E-state index contributed by atoms with van der Waals surface area (Å²) in [5, 5.41) is 3.43. The van der Waals surface area contributed by atoms with E-state index < -0.39 is 0 Å². The standard InChI is InChI=1S/C17H29N3/c1-4-5-15-7-10-20(11-8-15)17-6-9-18-16(12-17)13-19-14(2)3/h6,9,12,14-15,19H,4-5,7-8,10-11,13H2,1-3H3. The van der Waals surface area contributed by atoms with Gasteiger partial charge in [0.15, 0.2) is 0 Å². The lowest BCUT2D eigenvalue weighted by Crippen LogP contribution is -2.33. The van der Waals surface area contributed by atoms with Crippen LogP contribution in [0.1, 0.15) is 52.1 Å². The van der Waals surface area contributed by atoms with Crippen molar-refractivity contribution < 1.29 is 0 Å². The Morgan fingerprint density at radius 3 is 2.75 bits per heavy atom. The summed E-state index contributed by atoms with van der Waals surface area (Å²) in [6.07, 6.45) is 7.36. The van der Waals surface area contributed by atoms with Crippen LogP contribution in [0.3, 0.4) is 0 Å². The van der Waals surface area contributed by atoms with Gasteiger partial charge in [0.1, 0.15) is 0 Å². The van der Waals surface area contributed by atoms with Gasteiger partial charge < -0.3 is 10.2 Å². The molecule has 1 aliphatic rings. The van der Waals surface area contributed by atoms with Crippen molar-refractivity contribution in [3.8, 4) is 0 Å². The van der Waals surface area contributed by atoms with Crippen molar-refractivity contribution in [1.82, 2.24) is 10.3 Å². The molecule has 0 aromatic carbocycles. The molecule has 112 valence electrons. The smallest absolute Gasteiger partial charge is 0.0562 e. The van der Waals surface area contributed by atoms with Crippen molar-refractivity contribution >= 4 is 5.69 Å². The number of pyridine rings is 1. The molecule has 0 radical (unpaired) electrons. The summed E-state index contributed by atoms with van der Waals surface area (Å²) < 4.78 is 0. The Balaban J connectivity index is 1.91. The molecule has 3 heteroatoms. The normalized spacial score (nSPS) is 16.9. The summed E-state index contributed by atoms with van der Waals surface area (Å²) in [7, 11) is 0. The zero-order valence-corrected chi connectivity index (χ0v) is 13.2. The van der Waals surface area contributed by atoms with Crippen LogP contribution in [0.15, 0.2) is 18.3 Å². The number of hydrogen-bond acceptors (Lipinski definition) is 3. The van der Waals surface area contributed by atoms with Crippen molar-refractivity contribution in [2.45, 2.75) is 59.0 Å². The molecule has 20 heavy (non-hydrogen) atoms. The molecule has 0 unspecified atom stereocenters. The average Bonchev–Trinajstić information content (AvgIpc) is 2.47. The van der Waals surface area contributed by atoms with Crippen LogP contribution in [0, 0.1) is 5.92 Å². The van der Waals surface area contributed by atoms with Gasteiger partial charge >= 0.3 is 0 Å². The minimum absolute atomic E-state index is 0.505. The van der Waals surface area contributed by atoms with Crippen LogP contribution in [0.2, 0.25) is 0 Å². The van der Waals surface area contributed by atoms with E-state index in [2.05, 4.69) is 48.1 Å². The zero-order valence-electron chi connectivity index (χ0n) is 13.2. The van der Waals surface area contributed by atoms with Crippen LogP contribution in [-0.2, 0) is 6.54 Å². The van der Waals surface area contributed by atoms with Crippen LogP contribution in [-0.4, -0.2) is 24.1 Å². The third-order valence-electron chi connectivity index (χ3n) is 4.17. The number of hydrogen-bond donors (Lipinski definition) is 1. The first-order chi connectivity index (χ1) is 9.69. The maximum absolute atomic E-state index is 4.46. The van der Waals surface area contributed by atoms with Crippen LogP contribution >= 0.6 is 0 Å². The lowest BCUT2D eigenvalue weighted by atomic mass is 9.92. The number of nitrogens with zero attached hydrogens (tertiary/aromatic N) is 2. The molecule has 0 amide bonds. The van der Waals surface area contributed by atoms with Gasteiger partial charge in [0.05, 0.1) is 5.69 Å². The Morgan fingerprint density at radius 2 is 2.10 bits per heavy atom. The van der Waals surface area contributed by atoms with Gasteiger partial charge in [0.25, 0.3) is 0 Å². The van der Waals surface area contributed by atoms with Crippen molar-refractivity contribution in [3.05, 3.63) is 24.0 Å². The minimum atomic E-state index is 0.505. The van der Waals surface area contributed by atoms with Crippen molar-refractivity contribution in [2.75, 3.05) is 18.0 Å². The Morgan fingerprint density at radius 1 is 1.35 bits per heavy atom. The molecule has 1 aromatic heterocycles. The van der Waals surface area contributed by atoms with Crippen LogP contribution < -0.4 is 10.2 Å². The van der Waals surface area contributed by atoms with Crippen molar-refractivity contribution in [3.63, 3.8) is 0 Å². The molecule has 1 aromatic rings. The maximum Gasteiger partial charge on any atom is 0.0562 e. The molecular formula is C17H29N3. The fraction of sp³-hybridized carbons (Fsp3) is 0.706. The summed E-state index contributed by atoms with van der Waals surface area (Å²) in [5.74, 6) is 0.945. The van der Waals surface area contributed by atoms with E-state index in [1.165, 1.54) is 44.5 Å². The molecule has 0 spiro atoms. The molecule has 0 saturated carbocycles. The fourth-order valence-corrected chi connectivity index (χ4v) is 2.96. The fourth-order valence-electron chi connectivity index (χ4n) is 2.96. The van der Waals surface area contributed by atoms with Gasteiger partial charge in [0.2, 0.25) is 0 Å². The van der Waals surface area contributed by atoms with E-state index in [9.17, 15) is 0 Å². The van der Waals surface area contributed by atoms with Gasteiger partial charge in [-0.05, 0) is 30.9 Å². The Kier molecular flexibility index (Phi) is 5.84. The highest BCUT2D eigenvalue weighted by Crippen LogP contribution is 2.26. The lowest BCUT2D eigenvalue weighted by Gasteiger charge is -2.33. The second kappa shape index (κ2) is 7.63. The minimum Gasteiger partial charge on any atom is -0.371 e. The van der Waals surface area contributed by atoms with Gasteiger partial charge in [0, 0.05) is 37.6 Å². The van der Waals surface area contributed by atoms with E-state index in [1.807, 2.05) is 6.20 Å². The first-order valence-electron chi connectivity index (χ1n) is 8.12. The second-order valence-corrected chi connectivity index (χ2v) is 6.26. The number of rotatable bonds is 6. The van der Waals surface area contributed by atoms with Gasteiger partial charge in [-0.2, -0.15) is 0 Å². The molecule has 1 aliphatic heterocycles. The predicted molar refractivity (Wildman–Crippen MR) is 86.1 cm³/mol. The van der Waals surface area contributed by atoms with Gasteiger partial charge in [-0.15, -0.1) is 0 Å². The number of piperidine rings is 1. The van der Waals surface area contributed by atoms with Crippen molar-refractivity contribution in [1.29, 1.82) is 0 Å². The van der Waals surface area contributed by atoms with E-state index in [0.29, 0.717) is 6.04 Å². The topological polar surface area (TPSA) is 28.2 Å². The molecule has 1 N–H and O–H groups in total. The summed E-state index contributed by atoms with van der Waals surface area (Å²) >= 11 is 0. The SMILES string of the molecule is CCCC1CCN(c2ccnc(CNC(C)C)c2)CC1. The molecule has 0 bridgehead atoms. The summed E-state index contributed by atoms with van der Waals surface area (Å²) in [4.78, 5) is 6.98. The number of anilines is 1. The monoisotopic (exact) mass is 275 g/mol. The van der Waals surface area contributed by atoms with E-state index in [4.69, 9.17) is 0 Å². The first kappa shape index (κ1) is 15.3. The Labute approximate surface area is 123 Å². The molecular weight excluding hydrogens is 246 g/mol. The summed E-state index contributed by atoms with van der Waals surface area (Å²) in [6, 6.07) is 4.90. The third kappa shape index (κ3) is 4.48. The third-order valence-corrected chi connectivity index (χ3v) is 4.17. The highest BCUT2D eigenvalue weighted by molar-refractivity contribution is 5.46. The Bertz CT molecular complexity index is 395. The number of nitrogens with one attached hydrogen (secondary N) is 1. The largest absolute Gasteiger partial charge is 0.371 e. The van der Waals surface area contributed by atoms with E-state index in [1.54, 1.807) is 0 Å². The van der Waals surface area contributed by atoms with Gasteiger partial charge in [-0.25, -0.2) is 0 Å². The Hall–Kier alpha value is -1.09. The molecule has 0 atom stereocenters. The molecule has 1 fully saturated rings. The van der Waals surface area contributed by atoms with Crippen LogP contribution in [0.5, 0.6) is 0 Å². The molecule has 2 rings (SSSR count). The first-order valence-corrected chi connectivity index (χ1v) is 8.12. The van der Waals surface area contributed by atoms with Gasteiger partial charge in [-0.3, -0.25) is 4.98 Å². The van der Waals surface area contributed by atoms with Crippen molar-refractivity contribution in [2.24, 2.45) is 5.92 Å². The predicted octanol–water partition coefficient (Wildman–Crippen LogP) is 3.60. The molecule has 3 nitrogen and oxygen atoms in total. The summed E-state index contributed by atoms with van der Waals surface area (Å²) in [6.45, 7) is 9.89. The van der Waals surface area contributed by atoms with Crippen LogP contribution in [0.4, 0.5) is 5.69 Å². The van der Waals surface area contributed by atoms with E-state index >= 15 is 0 Å².